The molecule has 0 unspecified atom stereocenters. The zero-order valence-corrected chi connectivity index (χ0v) is 10.7. The standard InChI is InChI=1S/C12H10BrFN2O/c1-16-7-15-6-10(16)11(17)5-8-3-2-4-9(14)12(8)13/h2-4,6-7H,5H2,1H3. The molecule has 0 saturated heterocycles. The molecule has 0 atom stereocenters. The first-order valence-corrected chi connectivity index (χ1v) is 5.81. The first-order chi connectivity index (χ1) is 8.09. The van der Waals surface area contributed by atoms with Crippen LogP contribution >= 0.6 is 15.9 Å². The van der Waals surface area contributed by atoms with E-state index in [9.17, 15) is 9.18 Å². The van der Waals surface area contributed by atoms with E-state index in [-0.39, 0.29) is 18.0 Å². The number of carbonyl (C=O) groups is 1. The Bertz CT molecular complexity index is 565. The van der Waals surface area contributed by atoms with Gasteiger partial charge < -0.3 is 4.57 Å². The van der Waals surface area contributed by atoms with Crippen molar-refractivity contribution >= 4 is 21.7 Å². The first kappa shape index (κ1) is 12.0. The molecule has 0 bridgehead atoms. The molecule has 0 radical (unpaired) electrons. The molecular weight excluding hydrogens is 287 g/mol. The summed E-state index contributed by atoms with van der Waals surface area (Å²) in [5.74, 6) is -0.448. The average Bonchev–Trinajstić information content (AvgIpc) is 2.71. The van der Waals surface area contributed by atoms with Crippen LogP contribution in [0.2, 0.25) is 0 Å². The summed E-state index contributed by atoms with van der Waals surface area (Å²) in [6, 6.07) is 4.66. The van der Waals surface area contributed by atoms with Crippen molar-refractivity contribution in [2.75, 3.05) is 0 Å². The Morgan fingerprint density at radius 1 is 1.53 bits per heavy atom. The third kappa shape index (κ3) is 2.44. The van der Waals surface area contributed by atoms with Gasteiger partial charge >= 0.3 is 0 Å². The number of ketones is 1. The van der Waals surface area contributed by atoms with Gasteiger partial charge in [-0.05, 0) is 27.6 Å². The Morgan fingerprint density at radius 2 is 2.29 bits per heavy atom. The summed E-state index contributed by atoms with van der Waals surface area (Å²) < 4.78 is 15.3. The number of halogens is 2. The lowest BCUT2D eigenvalue weighted by Crippen LogP contribution is -2.09. The molecule has 17 heavy (non-hydrogen) atoms. The molecule has 1 aromatic carbocycles. The van der Waals surface area contributed by atoms with Crippen molar-refractivity contribution < 1.29 is 9.18 Å². The Morgan fingerprint density at radius 3 is 2.94 bits per heavy atom. The highest BCUT2D eigenvalue weighted by atomic mass is 79.9. The summed E-state index contributed by atoms with van der Waals surface area (Å²) in [6.45, 7) is 0. The molecule has 0 aliphatic rings. The summed E-state index contributed by atoms with van der Waals surface area (Å²) in [4.78, 5) is 15.8. The molecule has 88 valence electrons. The topological polar surface area (TPSA) is 34.9 Å². The number of rotatable bonds is 3. The van der Waals surface area contributed by atoms with Crippen LogP contribution in [0.3, 0.4) is 0 Å². The van der Waals surface area contributed by atoms with Gasteiger partial charge in [-0.15, -0.1) is 0 Å². The molecule has 0 saturated carbocycles. The van der Waals surface area contributed by atoms with Crippen LogP contribution in [0.15, 0.2) is 35.2 Å². The fraction of sp³-hybridized carbons (Fsp3) is 0.167. The van der Waals surface area contributed by atoms with Crippen molar-refractivity contribution in [2.24, 2.45) is 7.05 Å². The van der Waals surface area contributed by atoms with E-state index in [1.807, 2.05) is 0 Å². The third-order valence-electron chi connectivity index (χ3n) is 2.48. The fourth-order valence-corrected chi connectivity index (χ4v) is 1.98. The van der Waals surface area contributed by atoms with Crippen molar-refractivity contribution in [1.29, 1.82) is 0 Å². The van der Waals surface area contributed by atoms with E-state index in [2.05, 4.69) is 20.9 Å². The Balaban J connectivity index is 2.25. The lowest BCUT2D eigenvalue weighted by molar-refractivity contribution is 0.0985. The molecule has 5 heteroatoms. The van der Waals surface area contributed by atoms with Gasteiger partial charge in [-0.25, -0.2) is 9.37 Å². The van der Waals surface area contributed by atoms with E-state index in [1.54, 1.807) is 30.1 Å². The SMILES string of the molecule is Cn1cncc1C(=O)Cc1cccc(F)c1Br. The maximum Gasteiger partial charge on any atom is 0.185 e. The van der Waals surface area contributed by atoms with E-state index >= 15 is 0 Å². The molecule has 1 aromatic heterocycles. The molecule has 1 heterocycles. The normalized spacial score (nSPS) is 10.5. The molecule has 0 fully saturated rings. The van der Waals surface area contributed by atoms with Gasteiger partial charge in [0.05, 0.1) is 17.0 Å². The van der Waals surface area contributed by atoms with Gasteiger partial charge in [0.1, 0.15) is 11.5 Å². The van der Waals surface area contributed by atoms with Gasteiger partial charge in [-0.3, -0.25) is 4.79 Å². The van der Waals surface area contributed by atoms with Gasteiger partial charge in [-0.1, -0.05) is 12.1 Å². The smallest absolute Gasteiger partial charge is 0.185 e. The van der Waals surface area contributed by atoms with Crippen LogP contribution in [0.5, 0.6) is 0 Å². The highest BCUT2D eigenvalue weighted by Crippen LogP contribution is 2.21. The lowest BCUT2D eigenvalue weighted by Gasteiger charge is -2.05. The zero-order chi connectivity index (χ0) is 12.4. The van der Waals surface area contributed by atoms with E-state index in [0.29, 0.717) is 15.7 Å². The van der Waals surface area contributed by atoms with Crippen LogP contribution in [-0.4, -0.2) is 15.3 Å². The van der Waals surface area contributed by atoms with Gasteiger partial charge in [0.25, 0.3) is 0 Å². The quantitative estimate of drug-likeness (QED) is 0.817. The number of hydrogen-bond acceptors (Lipinski definition) is 2. The summed E-state index contributed by atoms with van der Waals surface area (Å²) in [5.41, 5.74) is 1.15. The van der Waals surface area contributed by atoms with Crippen molar-refractivity contribution in [3.8, 4) is 0 Å². The number of nitrogens with zero attached hydrogens (tertiary/aromatic N) is 2. The summed E-state index contributed by atoms with van der Waals surface area (Å²) in [7, 11) is 1.75. The first-order valence-electron chi connectivity index (χ1n) is 5.02. The molecule has 0 aliphatic heterocycles. The molecule has 2 rings (SSSR count). The van der Waals surface area contributed by atoms with Crippen LogP contribution in [0.1, 0.15) is 16.1 Å². The van der Waals surface area contributed by atoms with Crippen LogP contribution in [0.4, 0.5) is 4.39 Å². The Labute approximate surface area is 106 Å². The van der Waals surface area contributed by atoms with E-state index in [4.69, 9.17) is 0 Å². The summed E-state index contributed by atoms with van der Waals surface area (Å²) in [6.07, 6.45) is 3.22. The number of benzene rings is 1. The molecule has 3 nitrogen and oxygen atoms in total. The molecule has 2 aromatic rings. The average molecular weight is 297 g/mol. The second-order valence-corrected chi connectivity index (χ2v) is 4.50. The molecule has 0 N–H and O–H groups in total. The minimum absolute atomic E-state index is 0.0868. The summed E-state index contributed by atoms with van der Waals surface area (Å²) in [5, 5.41) is 0. The second-order valence-electron chi connectivity index (χ2n) is 3.70. The van der Waals surface area contributed by atoms with Gasteiger partial charge in [-0.2, -0.15) is 0 Å². The monoisotopic (exact) mass is 296 g/mol. The fourth-order valence-electron chi connectivity index (χ4n) is 1.57. The number of imidazole rings is 1. The minimum Gasteiger partial charge on any atom is -0.331 e. The highest BCUT2D eigenvalue weighted by molar-refractivity contribution is 9.10. The number of carbonyl (C=O) groups excluding carboxylic acids is 1. The number of Topliss-reactive ketones (excluding diaryl/α,β-unsaturated/α-hetero) is 1. The zero-order valence-electron chi connectivity index (χ0n) is 9.15. The van der Waals surface area contributed by atoms with Gasteiger partial charge in [0, 0.05) is 13.5 Å². The van der Waals surface area contributed by atoms with Crippen LogP contribution < -0.4 is 0 Å². The van der Waals surface area contributed by atoms with Gasteiger partial charge in [0.2, 0.25) is 0 Å². The van der Waals surface area contributed by atoms with Crippen molar-refractivity contribution in [1.82, 2.24) is 9.55 Å². The van der Waals surface area contributed by atoms with E-state index in [0.717, 1.165) is 0 Å². The van der Waals surface area contributed by atoms with Crippen LogP contribution in [0, 0.1) is 5.82 Å². The van der Waals surface area contributed by atoms with E-state index in [1.165, 1.54) is 12.3 Å². The lowest BCUT2D eigenvalue weighted by atomic mass is 10.1. The van der Waals surface area contributed by atoms with Crippen molar-refractivity contribution in [3.05, 3.63) is 52.3 Å². The number of aromatic nitrogens is 2. The van der Waals surface area contributed by atoms with Crippen molar-refractivity contribution in [2.45, 2.75) is 6.42 Å². The summed E-state index contributed by atoms with van der Waals surface area (Å²) >= 11 is 3.14. The third-order valence-corrected chi connectivity index (χ3v) is 3.37. The molecule has 0 aliphatic carbocycles. The van der Waals surface area contributed by atoms with Crippen LogP contribution in [0.25, 0.3) is 0 Å². The van der Waals surface area contributed by atoms with Crippen LogP contribution in [-0.2, 0) is 13.5 Å². The Hall–Kier alpha value is -1.49. The van der Waals surface area contributed by atoms with E-state index < -0.39 is 0 Å². The maximum atomic E-state index is 13.3. The van der Waals surface area contributed by atoms with Crippen molar-refractivity contribution in [3.63, 3.8) is 0 Å². The highest BCUT2D eigenvalue weighted by Gasteiger charge is 2.13. The maximum absolute atomic E-state index is 13.3. The number of hydrogen-bond donors (Lipinski definition) is 0. The second kappa shape index (κ2) is 4.79. The molecule has 0 amide bonds. The minimum atomic E-state index is -0.361. The largest absolute Gasteiger partial charge is 0.331 e. The van der Waals surface area contributed by atoms with Gasteiger partial charge in [0.15, 0.2) is 5.78 Å². The molecule has 0 spiro atoms. The number of aryl methyl sites for hydroxylation is 1. The Kier molecular flexibility index (Phi) is 3.38. The predicted octanol–water partition coefficient (Wildman–Crippen LogP) is 2.75. The molecular formula is C12H10BrFN2O. The predicted molar refractivity (Wildman–Crippen MR) is 65.3 cm³/mol.